The maximum atomic E-state index is 13.5. The Morgan fingerprint density at radius 3 is 2.20 bits per heavy atom. The fourth-order valence-corrected chi connectivity index (χ4v) is 4.10. The zero-order valence-corrected chi connectivity index (χ0v) is 22.7. The van der Waals surface area contributed by atoms with Crippen LogP contribution in [-0.4, -0.2) is 77.0 Å². The molecule has 0 saturated heterocycles. The van der Waals surface area contributed by atoms with Gasteiger partial charge in [-0.15, -0.1) is 0 Å². The number of unbranched alkanes of at least 4 members (excludes halogenated alkanes) is 1. The Morgan fingerprint density at radius 1 is 0.925 bits per heavy atom. The lowest BCUT2D eigenvalue weighted by Gasteiger charge is -2.25. The van der Waals surface area contributed by atoms with Crippen molar-refractivity contribution in [3.8, 4) is 0 Å². The van der Waals surface area contributed by atoms with Crippen molar-refractivity contribution in [3.05, 3.63) is 36.0 Å². The minimum absolute atomic E-state index is 0.0783. The topological polar surface area (TPSA) is 257 Å². The summed E-state index contributed by atoms with van der Waals surface area (Å²) in [7, 11) is 0. The van der Waals surface area contributed by atoms with Gasteiger partial charge in [-0.2, -0.15) is 0 Å². The largest absolute Gasteiger partial charge is 0.480 e. The molecule has 0 aliphatic rings. The maximum absolute atomic E-state index is 13.5. The number of carbonyl (C=O) groups is 4. The van der Waals surface area contributed by atoms with E-state index >= 15 is 0 Å². The average molecular weight is 560 g/mol. The molecule has 0 bridgehead atoms. The molecule has 1 aromatic heterocycles. The molecule has 4 atom stereocenters. The van der Waals surface area contributed by atoms with Gasteiger partial charge in [-0.1, -0.05) is 18.2 Å². The second-order valence-electron chi connectivity index (χ2n) is 9.61. The van der Waals surface area contributed by atoms with E-state index in [1.165, 1.54) is 6.92 Å². The Kier molecular flexibility index (Phi) is 12.9. The van der Waals surface area contributed by atoms with Crippen LogP contribution in [-0.2, 0) is 25.6 Å². The lowest BCUT2D eigenvalue weighted by molar-refractivity contribution is -0.142. The molecule has 0 radical (unpaired) electrons. The number of rotatable bonds is 17. The number of hydrogen-bond acceptors (Lipinski definition) is 7. The highest BCUT2D eigenvalue weighted by molar-refractivity contribution is 5.94. The van der Waals surface area contributed by atoms with Crippen LogP contribution in [0.1, 0.15) is 44.6 Å². The summed E-state index contributed by atoms with van der Waals surface area (Å²) in [5.41, 5.74) is 23.6. The zero-order chi connectivity index (χ0) is 29.7. The summed E-state index contributed by atoms with van der Waals surface area (Å²) in [6, 6.07) is 3.35. The minimum Gasteiger partial charge on any atom is -0.480 e. The summed E-state index contributed by atoms with van der Waals surface area (Å²) in [4.78, 5) is 57.8. The van der Waals surface area contributed by atoms with Gasteiger partial charge in [0.1, 0.15) is 18.1 Å². The highest BCUT2D eigenvalue weighted by Crippen LogP contribution is 2.19. The van der Waals surface area contributed by atoms with Crippen LogP contribution in [0.4, 0.5) is 0 Å². The Balaban J connectivity index is 2.21. The highest BCUT2D eigenvalue weighted by Gasteiger charge is 2.30. The lowest BCUT2D eigenvalue weighted by atomic mass is 10.0. The molecule has 1 aromatic carbocycles. The number of nitrogens with one attached hydrogen (secondary N) is 4. The molecule has 13 N–H and O–H groups in total. The van der Waals surface area contributed by atoms with E-state index < -0.39 is 47.9 Å². The Hall–Kier alpha value is -4.17. The number of para-hydroxylation sites is 1. The number of aliphatic imine (C=N–C) groups is 1. The minimum atomic E-state index is -1.23. The van der Waals surface area contributed by atoms with Crippen molar-refractivity contribution in [2.75, 3.05) is 13.1 Å². The molecule has 1 heterocycles. The molecule has 0 aliphatic heterocycles. The standard InChI is InChI=1S/C26H41N9O5/c1-15(28)22(36)35-21(13-16-14-32-18-8-3-2-7-17(16)18)24(38)33-19(9-4-5-11-27)23(37)34-20(25(39)40)10-6-12-31-26(29)30/h2-3,7-8,14-15,19-21,32H,4-6,9-13,27-28H2,1H3,(H,33,38)(H,34,37)(H,35,36)(H,39,40)(H4,29,30,31). The van der Waals surface area contributed by atoms with Crippen LogP contribution in [0.3, 0.4) is 0 Å². The first-order valence-corrected chi connectivity index (χ1v) is 13.2. The Labute approximate surface area is 232 Å². The molecule has 220 valence electrons. The summed E-state index contributed by atoms with van der Waals surface area (Å²) in [6.45, 7) is 2.09. The second kappa shape index (κ2) is 16.1. The van der Waals surface area contributed by atoms with E-state index in [1.54, 1.807) is 6.20 Å². The molecule has 14 nitrogen and oxygen atoms in total. The SMILES string of the molecule is CC(N)C(=O)NC(Cc1c[nH]c2ccccc12)C(=O)NC(CCCCN)C(=O)NC(CCCN=C(N)N)C(=O)O. The van der Waals surface area contributed by atoms with Crippen LogP contribution >= 0.6 is 0 Å². The maximum Gasteiger partial charge on any atom is 0.326 e. The van der Waals surface area contributed by atoms with Crippen molar-refractivity contribution in [1.82, 2.24) is 20.9 Å². The average Bonchev–Trinajstić information content (AvgIpc) is 3.31. The van der Waals surface area contributed by atoms with Crippen molar-refractivity contribution in [1.29, 1.82) is 0 Å². The van der Waals surface area contributed by atoms with Gasteiger partial charge in [0.05, 0.1) is 6.04 Å². The van der Waals surface area contributed by atoms with E-state index in [0.29, 0.717) is 25.8 Å². The number of hydrogen-bond donors (Lipinski definition) is 9. The predicted molar refractivity (Wildman–Crippen MR) is 152 cm³/mol. The summed E-state index contributed by atoms with van der Waals surface area (Å²) < 4.78 is 0. The smallest absolute Gasteiger partial charge is 0.326 e. The van der Waals surface area contributed by atoms with Crippen LogP contribution in [0, 0.1) is 0 Å². The third-order valence-corrected chi connectivity index (χ3v) is 6.29. The Bertz CT molecular complexity index is 1180. The normalized spacial score (nSPS) is 14.0. The molecule has 0 fully saturated rings. The molecule has 3 amide bonds. The monoisotopic (exact) mass is 559 g/mol. The number of aromatic nitrogens is 1. The molecule has 4 unspecified atom stereocenters. The molecule has 0 spiro atoms. The summed E-state index contributed by atoms with van der Waals surface area (Å²) in [5, 5.41) is 18.4. The van der Waals surface area contributed by atoms with Crippen LogP contribution in [0.25, 0.3) is 10.9 Å². The number of aromatic amines is 1. The van der Waals surface area contributed by atoms with E-state index in [9.17, 15) is 24.3 Å². The number of fused-ring (bicyclic) bond motifs is 1. The number of carboxylic acid groups (broad SMARTS) is 1. The molecular formula is C26H41N9O5. The van der Waals surface area contributed by atoms with Crippen LogP contribution < -0.4 is 38.9 Å². The quantitative estimate of drug-likeness (QED) is 0.0638. The van der Waals surface area contributed by atoms with Gasteiger partial charge in [0, 0.05) is 30.1 Å². The van der Waals surface area contributed by atoms with Gasteiger partial charge in [0.2, 0.25) is 17.7 Å². The van der Waals surface area contributed by atoms with Gasteiger partial charge in [-0.05, 0) is 57.2 Å². The number of nitrogens with zero attached hydrogens (tertiary/aromatic N) is 1. The molecule has 0 saturated carbocycles. The van der Waals surface area contributed by atoms with Gasteiger partial charge in [0.25, 0.3) is 0 Å². The second-order valence-corrected chi connectivity index (χ2v) is 9.61. The van der Waals surface area contributed by atoms with Crippen molar-refractivity contribution >= 4 is 40.6 Å². The molecule has 0 aliphatic carbocycles. The number of aliphatic carboxylic acids is 1. The van der Waals surface area contributed by atoms with E-state index in [4.69, 9.17) is 22.9 Å². The first-order valence-electron chi connectivity index (χ1n) is 13.2. The van der Waals surface area contributed by atoms with Crippen molar-refractivity contribution in [2.24, 2.45) is 27.9 Å². The summed E-state index contributed by atoms with van der Waals surface area (Å²) in [5.74, 6) is -3.14. The zero-order valence-electron chi connectivity index (χ0n) is 22.7. The van der Waals surface area contributed by atoms with Crippen LogP contribution in [0.5, 0.6) is 0 Å². The number of carboxylic acids is 1. The van der Waals surface area contributed by atoms with E-state index in [-0.39, 0.29) is 31.8 Å². The van der Waals surface area contributed by atoms with Gasteiger partial charge in [-0.3, -0.25) is 19.4 Å². The fraction of sp³-hybridized carbons (Fsp3) is 0.500. The molecule has 40 heavy (non-hydrogen) atoms. The van der Waals surface area contributed by atoms with Gasteiger partial charge >= 0.3 is 5.97 Å². The fourth-order valence-electron chi connectivity index (χ4n) is 4.10. The Morgan fingerprint density at radius 2 is 1.55 bits per heavy atom. The lowest BCUT2D eigenvalue weighted by Crippen LogP contribution is -2.57. The predicted octanol–water partition coefficient (Wildman–Crippen LogP) is -1.22. The number of H-pyrrole nitrogens is 1. The third-order valence-electron chi connectivity index (χ3n) is 6.29. The number of benzene rings is 1. The number of nitrogens with two attached hydrogens (primary N) is 4. The van der Waals surface area contributed by atoms with Gasteiger partial charge in [0.15, 0.2) is 5.96 Å². The van der Waals surface area contributed by atoms with Crippen LogP contribution in [0.2, 0.25) is 0 Å². The van der Waals surface area contributed by atoms with Gasteiger partial charge in [-0.25, -0.2) is 4.79 Å². The molecule has 14 heteroatoms. The van der Waals surface area contributed by atoms with Crippen LogP contribution in [0.15, 0.2) is 35.5 Å². The first kappa shape index (κ1) is 32.0. The number of amides is 3. The summed E-state index contributed by atoms with van der Waals surface area (Å²) in [6.07, 6.45) is 3.61. The van der Waals surface area contributed by atoms with E-state index in [0.717, 1.165) is 16.5 Å². The van der Waals surface area contributed by atoms with E-state index in [2.05, 4.69) is 25.9 Å². The molecule has 2 rings (SSSR count). The molecule has 2 aromatic rings. The number of carbonyl (C=O) groups excluding carboxylic acids is 3. The highest BCUT2D eigenvalue weighted by atomic mass is 16.4. The van der Waals surface area contributed by atoms with E-state index in [1.807, 2.05) is 24.3 Å². The first-order chi connectivity index (χ1) is 19.0. The van der Waals surface area contributed by atoms with Gasteiger partial charge < -0.3 is 49.0 Å². The third kappa shape index (κ3) is 10.2. The number of guanidine groups is 1. The van der Waals surface area contributed by atoms with Crippen molar-refractivity contribution < 1.29 is 24.3 Å². The van der Waals surface area contributed by atoms with Crippen molar-refractivity contribution in [2.45, 2.75) is 69.6 Å². The summed E-state index contributed by atoms with van der Waals surface area (Å²) >= 11 is 0. The molecular weight excluding hydrogens is 518 g/mol. The van der Waals surface area contributed by atoms with Crippen molar-refractivity contribution in [3.63, 3.8) is 0 Å².